The van der Waals surface area contributed by atoms with E-state index in [4.69, 9.17) is 10.1 Å². The molecule has 2 aliphatic rings. The third-order valence-corrected chi connectivity index (χ3v) is 5.90. The van der Waals surface area contributed by atoms with E-state index in [2.05, 4.69) is 31.1 Å². The predicted molar refractivity (Wildman–Crippen MR) is 120 cm³/mol. The van der Waals surface area contributed by atoms with Gasteiger partial charge in [-0.05, 0) is 19.1 Å². The number of allylic oxidation sites excluding steroid dienone is 1. The summed E-state index contributed by atoms with van der Waals surface area (Å²) in [7, 11) is 0. The highest BCUT2D eigenvalue weighted by Crippen LogP contribution is 2.43. The van der Waals surface area contributed by atoms with Gasteiger partial charge in [0.1, 0.15) is 17.3 Å². The van der Waals surface area contributed by atoms with Crippen molar-refractivity contribution in [3.63, 3.8) is 0 Å². The van der Waals surface area contributed by atoms with Crippen molar-refractivity contribution in [1.29, 1.82) is 5.41 Å². The zero-order valence-electron chi connectivity index (χ0n) is 16.8. The van der Waals surface area contributed by atoms with E-state index in [1.165, 1.54) is 18.5 Å². The summed E-state index contributed by atoms with van der Waals surface area (Å²) in [6.07, 6.45) is 7.01. The number of benzene rings is 1. The van der Waals surface area contributed by atoms with E-state index < -0.39 is 12.5 Å². The third kappa shape index (κ3) is 4.49. The fourth-order valence-corrected chi connectivity index (χ4v) is 4.17. The van der Waals surface area contributed by atoms with Crippen LogP contribution in [0.15, 0.2) is 51.9 Å². The van der Waals surface area contributed by atoms with Crippen LogP contribution in [0.3, 0.4) is 0 Å². The predicted octanol–water partition coefficient (Wildman–Crippen LogP) is 3.57. The lowest BCUT2D eigenvalue weighted by Crippen LogP contribution is -2.22. The molecule has 12 heteroatoms. The van der Waals surface area contributed by atoms with Crippen LogP contribution in [0.5, 0.6) is 5.75 Å². The molecule has 9 nitrogen and oxygen atoms in total. The number of hydrogen-bond acceptors (Lipinski definition) is 8. The van der Waals surface area contributed by atoms with E-state index >= 15 is 0 Å². The molecule has 0 fully saturated rings. The van der Waals surface area contributed by atoms with Gasteiger partial charge < -0.3 is 26.1 Å². The van der Waals surface area contributed by atoms with E-state index in [1.807, 2.05) is 6.92 Å². The van der Waals surface area contributed by atoms with E-state index in [0.29, 0.717) is 11.3 Å². The number of carbonyl (C=O) groups is 1. The SMILES string of the molecule is CC1CSc2cc(-c3n[nH]cc3NC(=O)/C(C=N)=C3\N=CC=CN3)c(OC(F)F)cc2N1. The van der Waals surface area contributed by atoms with E-state index in [1.54, 1.807) is 30.1 Å². The standard InChI is InChI=1S/C20H19F2N7O2S/c1-10-9-32-16-5-11(15(31-20(21)22)6-13(16)27-10)17-14(8-26-29-17)28-19(30)12(7-23)18-24-3-2-4-25-18/h2-8,10,20,23-24,27H,9H2,1H3,(H,26,29)(H,28,30)/b18-12-,23-7?. The minimum atomic E-state index is -3.03. The zero-order valence-corrected chi connectivity index (χ0v) is 17.6. The van der Waals surface area contributed by atoms with Crippen molar-refractivity contribution in [3.05, 3.63) is 42.0 Å². The summed E-state index contributed by atoms with van der Waals surface area (Å²) in [5.74, 6) is 0.330. The van der Waals surface area contributed by atoms with Crippen LogP contribution in [0.2, 0.25) is 0 Å². The lowest BCUT2D eigenvalue weighted by Gasteiger charge is -2.25. The number of H-pyrrole nitrogens is 1. The van der Waals surface area contributed by atoms with E-state index in [0.717, 1.165) is 16.9 Å². The molecule has 2 aromatic rings. The number of carbonyl (C=O) groups excluding carboxylic acids is 1. The Morgan fingerprint density at radius 3 is 3.00 bits per heavy atom. The first kappa shape index (κ1) is 21.6. The van der Waals surface area contributed by atoms with Crippen molar-refractivity contribution in [2.45, 2.75) is 24.5 Å². The fraction of sp³-hybridized carbons (Fsp3) is 0.200. The van der Waals surface area contributed by atoms with Crippen molar-refractivity contribution in [2.75, 3.05) is 16.4 Å². The van der Waals surface area contributed by atoms with E-state index in [-0.39, 0.29) is 34.6 Å². The molecule has 1 amide bonds. The molecular weight excluding hydrogens is 440 g/mol. The minimum Gasteiger partial charge on any atom is -0.434 e. The highest BCUT2D eigenvalue weighted by molar-refractivity contribution is 7.99. The first-order chi connectivity index (χ1) is 15.5. The average Bonchev–Trinajstić information content (AvgIpc) is 3.22. The maximum atomic E-state index is 13.1. The van der Waals surface area contributed by atoms with Gasteiger partial charge in [-0.3, -0.25) is 9.89 Å². The molecule has 0 radical (unpaired) electrons. The van der Waals surface area contributed by atoms with Gasteiger partial charge in [0.2, 0.25) is 0 Å². The summed E-state index contributed by atoms with van der Waals surface area (Å²) in [5.41, 5.74) is 1.45. The quantitative estimate of drug-likeness (QED) is 0.332. The van der Waals surface area contributed by atoms with Gasteiger partial charge in [0.25, 0.3) is 5.91 Å². The summed E-state index contributed by atoms with van der Waals surface area (Å²) in [5, 5.41) is 23.1. The Morgan fingerprint density at radius 2 is 2.28 bits per heavy atom. The van der Waals surface area contributed by atoms with Gasteiger partial charge in [-0.15, -0.1) is 11.8 Å². The van der Waals surface area contributed by atoms with Gasteiger partial charge >= 0.3 is 6.61 Å². The Hall–Kier alpha value is -3.67. The normalized spacial score (nSPS) is 18.4. The van der Waals surface area contributed by atoms with Crippen LogP contribution in [-0.4, -0.2) is 46.9 Å². The molecule has 166 valence electrons. The summed E-state index contributed by atoms with van der Waals surface area (Å²) < 4.78 is 31.0. The van der Waals surface area contributed by atoms with Crippen LogP contribution in [0.4, 0.5) is 20.2 Å². The third-order valence-electron chi connectivity index (χ3n) is 4.58. The Balaban J connectivity index is 1.70. The second-order valence-corrected chi connectivity index (χ2v) is 7.93. The number of halogens is 2. The maximum absolute atomic E-state index is 13.1. The molecule has 0 aliphatic carbocycles. The van der Waals surface area contributed by atoms with Crippen LogP contribution in [0.1, 0.15) is 6.92 Å². The van der Waals surface area contributed by atoms with Crippen LogP contribution in [-0.2, 0) is 4.79 Å². The highest BCUT2D eigenvalue weighted by Gasteiger charge is 2.24. The molecule has 1 aromatic carbocycles. The number of aromatic amines is 1. The lowest BCUT2D eigenvalue weighted by molar-refractivity contribution is -0.112. The number of amides is 1. The summed E-state index contributed by atoms with van der Waals surface area (Å²) in [6, 6.07) is 3.39. The Kier molecular flexibility index (Phi) is 6.21. The Labute approximate surface area is 185 Å². The topological polar surface area (TPSA) is 127 Å². The van der Waals surface area contributed by atoms with Crippen molar-refractivity contribution in [2.24, 2.45) is 4.99 Å². The van der Waals surface area contributed by atoms with Crippen LogP contribution in [0.25, 0.3) is 11.3 Å². The Morgan fingerprint density at radius 1 is 1.44 bits per heavy atom. The number of ether oxygens (including phenoxy) is 1. The molecule has 1 aromatic heterocycles. The number of fused-ring (bicyclic) bond motifs is 1. The smallest absolute Gasteiger partial charge is 0.387 e. The van der Waals surface area contributed by atoms with Crippen molar-refractivity contribution < 1.29 is 18.3 Å². The molecule has 0 spiro atoms. The molecule has 3 heterocycles. The molecule has 2 aliphatic heterocycles. The zero-order chi connectivity index (χ0) is 22.7. The van der Waals surface area contributed by atoms with Crippen LogP contribution in [0, 0.1) is 5.41 Å². The van der Waals surface area contributed by atoms with Gasteiger partial charge in [0.15, 0.2) is 0 Å². The number of aromatic nitrogens is 2. The highest BCUT2D eigenvalue weighted by atomic mass is 32.2. The van der Waals surface area contributed by atoms with Crippen LogP contribution >= 0.6 is 11.8 Å². The van der Waals surface area contributed by atoms with Crippen molar-refractivity contribution >= 4 is 41.5 Å². The maximum Gasteiger partial charge on any atom is 0.387 e. The molecule has 32 heavy (non-hydrogen) atoms. The average molecular weight is 459 g/mol. The molecule has 0 saturated heterocycles. The monoisotopic (exact) mass is 459 g/mol. The number of aliphatic imine (C=N–C) groups is 1. The van der Waals surface area contributed by atoms with Gasteiger partial charge in [0, 0.05) is 53.1 Å². The van der Waals surface area contributed by atoms with E-state index in [9.17, 15) is 13.6 Å². The number of nitrogens with one attached hydrogen (secondary N) is 5. The fourth-order valence-electron chi connectivity index (χ4n) is 3.19. The Bertz CT molecular complexity index is 1140. The molecule has 1 atom stereocenters. The second-order valence-electron chi connectivity index (χ2n) is 6.87. The largest absolute Gasteiger partial charge is 0.434 e. The first-order valence-corrected chi connectivity index (χ1v) is 10.5. The summed E-state index contributed by atoms with van der Waals surface area (Å²) >= 11 is 1.58. The van der Waals surface area contributed by atoms with Gasteiger partial charge in [-0.25, -0.2) is 4.99 Å². The number of nitrogens with zero attached hydrogens (tertiary/aromatic N) is 2. The number of rotatable bonds is 6. The number of anilines is 2. The molecule has 5 N–H and O–H groups in total. The minimum absolute atomic E-state index is 0.0130. The molecule has 1 unspecified atom stereocenters. The summed E-state index contributed by atoms with van der Waals surface area (Å²) in [4.78, 5) is 17.7. The van der Waals surface area contributed by atoms with Crippen molar-refractivity contribution in [1.82, 2.24) is 15.5 Å². The van der Waals surface area contributed by atoms with Gasteiger partial charge in [-0.2, -0.15) is 13.9 Å². The lowest BCUT2D eigenvalue weighted by atomic mass is 10.1. The van der Waals surface area contributed by atoms with Crippen LogP contribution < -0.4 is 20.7 Å². The van der Waals surface area contributed by atoms with Crippen molar-refractivity contribution in [3.8, 4) is 17.0 Å². The molecular formula is C20H19F2N7O2S. The summed E-state index contributed by atoms with van der Waals surface area (Å²) in [6.45, 7) is -1.04. The number of thioether (sulfide) groups is 1. The first-order valence-electron chi connectivity index (χ1n) is 9.54. The van der Waals surface area contributed by atoms with Gasteiger partial charge in [0.05, 0.1) is 16.9 Å². The van der Waals surface area contributed by atoms with Gasteiger partial charge in [-0.1, -0.05) is 0 Å². The molecule has 4 rings (SSSR count). The molecule has 0 saturated carbocycles. The number of hydrogen-bond donors (Lipinski definition) is 5. The number of alkyl halides is 2. The second kappa shape index (κ2) is 9.22. The molecule has 0 bridgehead atoms.